The average Bonchev–Trinajstić information content (AvgIpc) is 2.78. The first kappa shape index (κ1) is 14.6. The first-order chi connectivity index (χ1) is 9.06. The number of piperidine rings is 1. The highest BCUT2D eigenvalue weighted by Crippen LogP contribution is 2.61. The Morgan fingerprint density at radius 2 is 1.95 bits per heavy atom. The highest BCUT2D eigenvalue weighted by atomic mass is 16.6. The minimum absolute atomic E-state index is 0.112. The zero-order valence-corrected chi connectivity index (χ0v) is 11.9. The third-order valence-electron chi connectivity index (χ3n) is 3.83. The summed E-state index contributed by atoms with van der Waals surface area (Å²) in [4.78, 5) is 35.8. The average molecular weight is 284 g/mol. The summed E-state index contributed by atoms with van der Waals surface area (Å²) in [7, 11) is 0. The van der Waals surface area contributed by atoms with Crippen molar-refractivity contribution in [1.29, 1.82) is 0 Å². The normalized spacial score (nSPS) is 31.6. The predicted molar refractivity (Wildman–Crippen MR) is 68.8 cm³/mol. The number of nitrogens with zero attached hydrogens (tertiary/aromatic N) is 1. The number of carboxylic acid groups (broad SMARTS) is 1. The van der Waals surface area contributed by atoms with Gasteiger partial charge in [0.1, 0.15) is 11.6 Å². The second kappa shape index (κ2) is 4.36. The van der Waals surface area contributed by atoms with Crippen LogP contribution in [0.4, 0.5) is 4.79 Å². The van der Waals surface area contributed by atoms with Gasteiger partial charge in [-0.2, -0.15) is 0 Å². The smallest absolute Gasteiger partial charge is 0.411 e. The zero-order chi connectivity index (χ0) is 15.3. The van der Waals surface area contributed by atoms with E-state index in [1.807, 2.05) is 0 Å². The maximum Gasteiger partial charge on any atom is 0.411 e. The third kappa shape index (κ3) is 2.57. The van der Waals surface area contributed by atoms with Crippen LogP contribution in [-0.4, -0.2) is 45.7 Å². The molecule has 7 nitrogen and oxygen atoms in total. The fourth-order valence-corrected chi connectivity index (χ4v) is 3.02. The molecule has 0 spiro atoms. The molecular formula is C13H20N2O5. The van der Waals surface area contributed by atoms with Crippen molar-refractivity contribution in [2.45, 2.75) is 57.7 Å². The van der Waals surface area contributed by atoms with E-state index in [0.29, 0.717) is 6.42 Å². The number of hydrogen-bond donors (Lipinski definition) is 2. The van der Waals surface area contributed by atoms with E-state index in [1.54, 1.807) is 20.8 Å². The fraction of sp³-hybridized carbons (Fsp3) is 0.769. The largest absolute Gasteiger partial charge is 0.480 e. The van der Waals surface area contributed by atoms with Crippen molar-refractivity contribution in [1.82, 2.24) is 4.90 Å². The van der Waals surface area contributed by atoms with Gasteiger partial charge in [0.2, 0.25) is 5.91 Å². The van der Waals surface area contributed by atoms with Gasteiger partial charge in [0.25, 0.3) is 0 Å². The fourth-order valence-electron chi connectivity index (χ4n) is 3.02. The van der Waals surface area contributed by atoms with Gasteiger partial charge < -0.3 is 15.6 Å². The van der Waals surface area contributed by atoms with E-state index < -0.39 is 35.0 Å². The molecule has 0 aromatic carbocycles. The molecule has 1 saturated heterocycles. The molecule has 0 bridgehead atoms. The molecule has 1 saturated carbocycles. The molecular weight excluding hydrogens is 264 g/mol. The van der Waals surface area contributed by atoms with E-state index >= 15 is 0 Å². The van der Waals surface area contributed by atoms with Crippen LogP contribution >= 0.6 is 0 Å². The lowest BCUT2D eigenvalue weighted by molar-refractivity contribution is -0.142. The van der Waals surface area contributed by atoms with E-state index in [1.165, 1.54) is 4.90 Å². The van der Waals surface area contributed by atoms with Crippen LogP contribution in [0, 0.1) is 5.41 Å². The first-order valence-electron chi connectivity index (χ1n) is 6.58. The molecule has 2 aliphatic rings. The first-order valence-corrected chi connectivity index (χ1v) is 6.58. The van der Waals surface area contributed by atoms with Gasteiger partial charge in [-0.25, -0.2) is 9.59 Å². The maximum atomic E-state index is 12.2. The molecule has 112 valence electrons. The SMILES string of the molecule is CC(C)(C)OC(=O)N1C(C(=O)O)CC2(CC(N)=O)CC12. The molecule has 2 fully saturated rings. The molecule has 0 aromatic rings. The second-order valence-electron chi connectivity index (χ2n) is 6.67. The van der Waals surface area contributed by atoms with E-state index in [4.69, 9.17) is 10.5 Å². The standard InChI is InChI=1S/C13H20N2O5/c1-12(2,3)20-11(19)15-7(10(17)18)4-13(5-8(13)15)6-9(14)16/h7-8H,4-6H2,1-3H3,(H2,14,16)(H,17,18). The van der Waals surface area contributed by atoms with Crippen molar-refractivity contribution in [3.8, 4) is 0 Å². The summed E-state index contributed by atoms with van der Waals surface area (Å²) in [6.07, 6.45) is 0.341. The number of rotatable bonds is 3. The molecule has 3 N–H and O–H groups in total. The zero-order valence-electron chi connectivity index (χ0n) is 11.9. The summed E-state index contributed by atoms with van der Waals surface area (Å²) in [6, 6.07) is -1.20. The van der Waals surface area contributed by atoms with Crippen LogP contribution in [0.5, 0.6) is 0 Å². The van der Waals surface area contributed by atoms with Crippen LogP contribution in [-0.2, 0) is 14.3 Å². The number of nitrogens with two attached hydrogens (primary N) is 1. The summed E-state index contributed by atoms with van der Waals surface area (Å²) in [5.74, 6) is -1.55. The highest BCUT2D eigenvalue weighted by Gasteiger charge is 2.68. The Hall–Kier alpha value is -1.79. The summed E-state index contributed by atoms with van der Waals surface area (Å²) in [5, 5.41) is 9.25. The number of aliphatic carboxylic acids is 1. The molecule has 0 aromatic heterocycles. The lowest BCUT2D eigenvalue weighted by atomic mass is 9.95. The van der Waals surface area contributed by atoms with E-state index in [2.05, 4.69) is 0 Å². The van der Waals surface area contributed by atoms with Gasteiger partial charge in [0.15, 0.2) is 0 Å². The number of likely N-dealkylation sites (tertiary alicyclic amines) is 1. The molecule has 2 rings (SSSR count). The molecule has 1 aliphatic heterocycles. The van der Waals surface area contributed by atoms with Crippen molar-refractivity contribution in [3.05, 3.63) is 0 Å². The van der Waals surface area contributed by atoms with Gasteiger partial charge in [-0.1, -0.05) is 0 Å². The Kier molecular flexibility index (Phi) is 3.19. The number of ether oxygens (including phenoxy) is 1. The van der Waals surface area contributed by atoms with Crippen molar-refractivity contribution < 1.29 is 24.2 Å². The monoisotopic (exact) mass is 284 g/mol. The van der Waals surface area contributed by atoms with Gasteiger partial charge in [-0.15, -0.1) is 0 Å². The Bertz CT molecular complexity index is 470. The number of carboxylic acids is 1. The number of carbonyl (C=O) groups is 3. The number of carbonyl (C=O) groups excluding carboxylic acids is 2. The molecule has 1 heterocycles. The number of fused-ring (bicyclic) bond motifs is 1. The minimum atomic E-state index is -1.08. The van der Waals surface area contributed by atoms with Crippen LogP contribution in [0.3, 0.4) is 0 Å². The number of primary amides is 1. The third-order valence-corrected chi connectivity index (χ3v) is 3.83. The highest BCUT2D eigenvalue weighted by molar-refractivity contribution is 5.83. The number of hydrogen-bond acceptors (Lipinski definition) is 4. The van der Waals surface area contributed by atoms with E-state index in [9.17, 15) is 19.5 Å². The summed E-state index contributed by atoms with van der Waals surface area (Å²) >= 11 is 0. The van der Waals surface area contributed by atoms with Gasteiger partial charge in [0.05, 0.1) is 0 Å². The Labute approximate surface area is 117 Å². The Balaban J connectivity index is 2.17. The lowest BCUT2D eigenvalue weighted by Crippen LogP contribution is -2.45. The quantitative estimate of drug-likeness (QED) is 0.793. The molecule has 1 aliphatic carbocycles. The lowest BCUT2D eigenvalue weighted by Gasteiger charge is -2.28. The van der Waals surface area contributed by atoms with Crippen molar-refractivity contribution in [2.24, 2.45) is 11.1 Å². The topological polar surface area (TPSA) is 110 Å². The maximum absolute atomic E-state index is 12.2. The van der Waals surface area contributed by atoms with Gasteiger partial charge >= 0.3 is 12.1 Å². The van der Waals surface area contributed by atoms with Crippen molar-refractivity contribution in [2.75, 3.05) is 0 Å². The molecule has 2 amide bonds. The van der Waals surface area contributed by atoms with Crippen LogP contribution in [0.2, 0.25) is 0 Å². The van der Waals surface area contributed by atoms with Crippen molar-refractivity contribution >= 4 is 18.0 Å². The molecule has 3 unspecified atom stereocenters. The summed E-state index contributed by atoms with van der Waals surface area (Å²) in [5.41, 5.74) is 4.05. The molecule has 0 radical (unpaired) electrons. The number of amides is 2. The van der Waals surface area contributed by atoms with Crippen LogP contribution in [0.25, 0.3) is 0 Å². The predicted octanol–water partition coefficient (Wildman–Crippen LogP) is 0.715. The summed E-state index contributed by atoms with van der Waals surface area (Å²) < 4.78 is 5.26. The molecule has 3 atom stereocenters. The Morgan fingerprint density at radius 1 is 1.35 bits per heavy atom. The molecule has 7 heteroatoms. The van der Waals surface area contributed by atoms with Crippen LogP contribution in [0.1, 0.15) is 40.0 Å². The summed E-state index contributed by atoms with van der Waals surface area (Å²) in [6.45, 7) is 5.17. The van der Waals surface area contributed by atoms with E-state index in [-0.39, 0.29) is 18.9 Å². The molecule has 20 heavy (non-hydrogen) atoms. The van der Waals surface area contributed by atoms with Gasteiger partial charge in [0, 0.05) is 17.9 Å². The minimum Gasteiger partial charge on any atom is -0.480 e. The van der Waals surface area contributed by atoms with E-state index in [0.717, 1.165) is 0 Å². The second-order valence-corrected chi connectivity index (χ2v) is 6.67. The Morgan fingerprint density at radius 3 is 2.40 bits per heavy atom. The van der Waals surface area contributed by atoms with Gasteiger partial charge in [-0.3, -0.25) is 9.69 Å². The van der Waals surface area contributed by atoms with Crippen LogP contribution in [0.15, 0.2) is 0 Å². The van der Waals surface area contributed by atoms with Crippen molar-refractivity contribution in [3.63, 3.8) is 0 Å². The van der Waals surface area contributed by atoms with Gasteiger partial charge in [-0.05, 0) is 33.6 Å². The van der Waals surface area contributed by atoms with Crippen LogP contribution < -0.4 is 5.73 Å².